The van der Waals surface area contributed by atoms with Gasteiger partial charge in [-0.2, -0.15) is 5.26 Å². The summed E-state index contributed by atoms with van der Waals surface area (Å²) in [6, 6.07) is 7.29. The van der Waals surface area contributed by atoms with Crippen LogP contribution in [-0.4, -0.2) is 18.1 Å². The summed E-state index contributed by atoms with van der Waals surface area (Å²) in [5, 5.41) is 13.4. The highest BCUT2D eigenvalue weighted by Gasteiger charge is 2.13. The molecule has 0 bridgehead atoms. The summed E-state index contributed by atoms with van der Waals surface area (Å²) in [6.07, 6.45) is 1.35. The van der Waals surface area contributed by atoms with Crippen LogP contribution in [-0.2, 0) is 9.53 Å². The molecule has 5 nitrogen and oxygen atoms in total. The highest BCUT2D eigenvalue weighted by molar-refractivity contribution is 7.17. The van der Waals surface area contributed by atoms with Crippen LogP contribution in [0.2, 0.25) is 10.2 Å². The minimum atomic E-state index is -0.725. The number of nitrogens with zero attached hydrogens (tertiary/aromatic N) is 2. The smallest absolute Gasteiger partial charge is 0.348 e. The Labute approximate surface area is 147 Å². The number of carbonyl (C=O) groups excluding carboxylic acids is 1. The van der Waals surface area contributed by atoms with Crippen LogP contribution in [0, 0.1) is 18.3 Å². The van der Waals surface area contributed by atoms with Gasteiger partial charge in [0.1, 0.15) is 16.8 Å². The number of halogens is 2. The van der Waals surface area contributed by atoms with Crippen molar-refractivity contribution >= 4 is 57.4 Å². The molecule has 8 heteroatoms. The number of carbonyl (C=O) groups is 1. The molecule has 118 valence electrons. The van der Waals surface area contributed by atoms with Gasteiger partial charge in [0.25, 0.3) is 0 Å². The number of nitriles is 1. The molecule has 0 atom stereocenters. The summed E-state index contributed by atoms with van der Waals surface area (Å²) in [5.41, 5.74) is 1.58. The lowest BCUT2D eigenvalue weighted by atomic mass is 10.2. The van der Waals surface area contributed by atoms with E-state index in [9.17, 15) is 4.79 Å². The minimum absolute atomic E-state index is 0.150. The third kappa shape index (κ3) is 4.23. The molecule has 0 aliphatic carbocycles. The molecule has 0 spiro atoms. The van der Waals surface area contributed by atoms with Crippen molar-refractivity contribution in [2.75, 3.05) is 12.4 Å². The van der Waals surface area contributed by atoms with Crippen molar-refractivity contribution in [2.24, 2.45) is 0 Å². The lowest BCUT2D eigenvalue weighted by molar-refractivity contribution is -0.135. The predicted molar refractivity (Wildman–Crippen MR) is 92.2 cm³/mol. The fourth-order valence-electron chi connectivity index (χ4n) is 1.63. The SMILES string of the molecule is COC(=O)/C(C#N)=C/c1sc(Nc2ccc(C)c(Cl)c2)nc1Cl. The van der Waals surface area contributed by atoms with E-state index in [-0.39, 0.29) is 10.7 Å². The number of anilines is 2. The fourth-order valence-corrected chi connectivity index (χ4v) is 2.93. The third-order valence-corrected chi connectivity index (χ3v) is 4.56. The Morgan fingerprint density at radius 3 is 2.83 bits per heavy atom. The van der Waals surface area contributed by atoms with Crippen molar-refractivity contribution in [3.63, 3.8) is 0 Å². The highest BCUT2D eigenvalue weighted by Crippen LogP contribution is 2.32. The summed E-state index contributed by atoms with van der Waals surface area (Å²) >= 11 is 13.3. The van der Waals surface area contributed by atoms with Gasteiger partial charge in [0.05, 0.1) is 12.0 Å². The number of esters is 1. The van der Waals surface area contributed by atoms with Crippen molar-refractivity contribution in [1.29, 1.82) is 5.26 Å². The number of aromatic nitrogens is 1. The molecule has 0 radical (unpaired) electrons. The molecule has 2 aromatic rings. The quantitative estimate of drug-likeness (QED) is 0.486. The van der Waals surface area contributed by atoms with E-state index in [1.807, 2.05) is 19.1 Å². The molecule has 0 aliphatic rings. The van der Waals surface area contributed by atoms with Gasteiger partial charge < -0.3 is 10.1 Å². The van der Waals surface area contributed by atoms with Gasteiger partial charge in [0.15, 0.2) is 5.13 Å². The van der Waals surface area contributed by atoms with Crippen LogP contribution < -0.4 is 5.32 Å². The summed E-state index contributed by atoms with van der Waals surface area (Å²) in [6.45, 7) is 1.91. The molecule has 0 fully saturated rings. The van der Waals surface area contributed by atoms with E-state index < -0.39 is 5.97 Å². The molecule has 1 heterocycles. The largest absolute Gasteiger partial charge is 0.465 e. The molecule has 2 rings (SSSR count). The number of ether oxygens (including phenoxy) is 1. The molecule has 1 aromatic heterocycles. The second-order valence-corrected chi connectivity index (χ2v) is 6.22. The topological polar surface area (TPSA) is 75.0 Å². The van der Waals surface area contributed by atoms with Crippen LogP contribution in [0.3, 0.4) is 0 Å². The van der Waals surface area contributed by atoms with Crippen LogP contribution in [0.25, 0.3) is 6.08 Å². The van der Waals surface area contributed by atoms with Gasteiger partial charge in [-0.3, -0.25) is 0 Å². The fraction of sp³-hybridized carbons (Fsp3) is 0.133. The van der Waals surface area contributed by atoms with Gasteiger partial charge in [0.2, 0.25) is 0 Å². The average molecular weight is 368 g/mol. The first-order valence-corrected chi connectivity index (χ1v) is 7.91. The Morgan fingerprint density at radius 1 is 1.48 bits per heavy atom. The van der Waals surface area contributed by atoms with E-state index in [1.165, 1.54) is 24.5 Å². The minimum Gasteiger partial charge on any atom is -0.465 e. The van der Waals surface area contributed by atoms with Gasteiger partial charge in [-0.05, 0) is 30.7 Å². The van der Waals surface area contributed by atoms with Crippen molar-refractivity contribution < 1.29 is 9.53 Å². The summed E-state index contributed by atoms with van der Waals surface area (Å²) in [4.78, 5) is 16.1. The lowest BCUT2D eigenvalue weighted by Gasteiger charge is -2.04. The number of methoxy groups -OCH3 is 1. The first-order valence-electron chi connectivity index (χ1n) is 6.34. The van der Waals surface area contributed by atoms with Gasteiger partial charge in [-0.15, -0.1) is 0 Å². The number of hydrogen-bond acceptors (Lipinski definition) is 6. The van der Waals surface area contributed by atoms with Crippen LogP contribution in [0.1, 0.15) is 10.4 Å². The molecule has 0 aliphatic heterocycles. The standard InChI is InChI=1S/C15H11Cl2N3O2S/c1-8-3-4-10(6-11(8)16)19-15-20-13(17)12(23-15)5-9(7-18)14(21)22-2/h3-6H,1-2H3,(H,19,20)/b9-5+. The molecule has 0 saturated heterocycles. The maximum atomic E-state index is 11.4. The highest BCUT2D eigenvalue weighted by atomic mass is 35.5. The Hall–Kier alpha value is -2.07. The molecule has 0 saturated carbocycles. The van der Waals surface area contributed by atoms with Crippen molar-refractivity contribution in [3.8, 4) is 6.07 Å². The zero-order valence-corrected chi connectivity index (χ0v) is 14.5. The zero-order valence-electron chi connectivity index (χ0n) is 12.2. The summed E-state index contributed by atoms with van der Waals surface area (Å²) in [7, 11) is 1.20. The molecular formula is C15H11Cl2N3O2S. The van der Waals surface area contributed by atoms with Crippen LogP contribution in [0.5, 0.6) is 0 Å². The van der Waals surface area contributed by atoms with E-state index in [4.69, 9.17) is 28.5 Å². The molecule has 0 unspecified atom stereocenters. The maximum absolute atomic E-state index is 11.4. The monoisotopic (exact) mass is 367 g/mol. The molecule has 1 aromatic carbocycles. The first kappa shape index (κ1) is 17.3. The lowest BCUT2D eigenvalue weighted by Crippen LogP contribution is -2.02. The average Bonchev–Trinajstić information content (AvgIpc) is 2.87. The van der Waals surface area contributed by atoms with Gasteiger partial charge in [-0.1, -0.05) is 40.6 Å². The molecule has 0 amide bonds. The van der Waals surface area contributed by atoms with Gasteiger partial charge >= 0.3 is 5.97 Å². The number of aryl methyl sites for hydroxylation is 1. The Bertz CT molecular complexity index is 825. The van der Waals surface area contributed by atoms with E-state index in [1.54, 1.807) is 12.1 Å². The molecular weight excluding hydrogens is 357 g/mol. The van der Waals surface area contributed by atoms with E-state index in [0.717, 1.165) is 11.3 Å². The third-order valence-electron chi connectivity index (χ3n) is 2.83. The summed E-state index contributed by atoms with van der Waals surface area (Å²) in [5.74, 6) is -0.725. The van der Waals surface area contributed by atoms with Gasteiger partial charge in [-0.25, -0.2) is 9.78 Å². The number of hydrogen-bond donors (Lipinski definition) is 1. The van der Waals surface area contributed by atoms with Crippen LogP contribution in [0.15, 0.2) is 23.8 Å². The van der Waals surface area contributed by atoms with Crippen molar-refractivity contribution in [1.82, 2.24) is 4.98 Å². The number of nitrogens with one attached hydrogen (secondary N) is 1. The second-order valence-electron chi connectivity index (χ2n) is 4.42. The Balaban J connectivity index is 2.27. The zero-order chi connectivity index (χ0) is 17.0. The number of benzene rings is 1. The normalized spacial score (nSPS) is 11.0. The predicted octanol–water partition coefficient (Wildman–Crippen LogP) is 4.58. The Morgan fingerprint density at radius 2 is 2.22 bits per heavy atom. The van der Waals surface area contributed by atoms with Gasteiger partial charge in [0, 0.05) is 10.7 Å². The van der Waals surface area contributed by atoms with Crippen molar-refractivity contribution in [2.45, 2.75) is 6.92 Å². The van der Waals surface area contributed by atoms with E-state index in [2.05, 4.69) is 15.0 Å². The number of rotatable bonds is 4. The van der Waals surface area contributed by atoms with Crippen molar-refractivity contribution in [3.05, 3.63) is 44.4 Å². The van der Waals surface area contributed by atoms with E-state index >= 15 is 0 Å². The molecule has 1 N–H and O–H groups in total. The maximum Gasteiger partial charge on any atom is 0.348 e. The first-order chi connectivity index (χ1) is 10.9. The molecule has 23 heavy (non-hydrogen) atoms. The number of thiazole rings is 1. The summed E-state index contributed by atoms with van der Waals surface area (Å²) < 4.78 is 4.52. The van der Waals surface area contributed by atoms with Crippen LogP contribution >= 0.6 is 34.5 Å². The van der Waals surface area contributed by atoms with Crippen LogP contribution in [0.4, 0.5) is 10.8 Å². The second kappa shape index (κ2) is 7.47. The Kier molecular flexibility index (Phi) is 5.61. The van der Waals surface area contributed by atoms with E-state index in [0.29, 0.717) is 15.0 Å².